The van der Waals surface area contributed by atoms with Gasteiger partial charge < -0.3 is 48.5 Å². The monoisotopic (exact) mass is 1850 g/mol. The molecule has 1 aliphatic rings. The molecule has 0 spiro atoms. The summed E-state index contributed by atoms with van der Waals surface area (Å²) in [5.41, 5.74) is 2.73. The third-order valence-corrected chi connectivity index (χ3v) is 26.8. The molecule has 1 saturated heterocycles. The first-order valence-corrected chi connectivity index (χ1v) is 54.7. The van der Waals surface area contributed by atoms with Crippen molar-refractivity contribution in [3.63, 3.8) is 0 Å². The molecule has 20 heteroatoms. The Morgan fingerprint density at radius 2 is 0.649 bits per heavy atom. The predicted octanol–water partition coefficient (Wildman–Crippen LogP) is 29.9. The van der Waals surface area contributed by atoms with Gasteiger partial charge >= 0.3 is 25.9 Å². The summed E-state index contributed by atoms with van der Waals surface area (Å²) in [7, 11) is -4.95. The van der Waals surface area contributed by atoms with Crippen molar-refractivity contribution in [2.24, 2.45) is 0 Å². The number of esters is 2. The number of benzene rings is 4. The minimum absolute atomic E-state index is 0.00499. The fraction of sp³-hybridized carbons (Fsp3) is 0.739. The summed E-state index contributed by atoms with van der Waals surface area (Å²) in [6.45, 7) is 13.5. The lowest BCUT2D eigenvalue weighted by molar-refractivity contribution is -0.212. The first-order valence-electron chi connectivity index (χ1n) is 53.3. The lowest BCUT2D eigenvalue weighted by atomic mass is 9.89. The third-order valence-electron chi connectivity index (χ3n) is 25.4. The highest BCUT2D eigenvalue weighted by atomic mass is 31.2. The molecule has 0 radical (unpaired) electrons. The molecule has 4 aromatic rings. The summed E-state index contributed by atoms with van der Waals surface area (Å²) in [6, 6.07) is 34.3. The summed E-state index contributed by atoms with van der Waals surface area (Å²) >= 11 is 0. The van der Waals surface area contributed by atoms with E-state index in [0.717, 1.165) is 153 Å². The number of hydrogen-bond acceptors (Lipinski definition) is 17. The average Bonchev–Trinajstić information content (AvgIpc) is 0.771. The highest BCUT2D eigenvalue weighted by molar-refractivity contribution is 7.48. The van der Waals surface area contributed by atoms with Crippen molar-refractivity contribution in [1.82, 2.24) is 10.6 Å². The summed E-state index contributed by atoms with van der Waals surface area (Å²) in [5.74, 6) is -2.24. The van der Waals surface area contributed by atoms with Crippen molar-refractivity contribution in [2.45, 2.75) is 502 Å². The second-order valence-corrected chi connectivity index (χ2v) is 38.9. The van der Waals surface area contributed by atoms with Crippen LogP contribution in [0, 0.1) is 0 Å². The number of amides is 2. The molecule has 1 fully saturated rings. The standard InChI is InChI=1S/C111H183N2O17P/c1-7-13-19-25-31-37-40-46-64-78-98(120-83-67-49-43-34-28-22-16-10-4)86-104(114)112-101(110(117)123-89-94-70-56-52-57-71-94)81-82-102-107(113-105(115)87-99(79-65-47-41-38-32-26-20-14-8-2)121-84-68-50-44-35-29-23-17-11-5)109(129-106(116)88-100(80-66-48-42-39-33-27-21-15-9-3)122-85-69-51-45-36-30-24-18-12-6)108(103(128-102)93-125-111(118)124-90-95-72-58-53-59-73-95)130-131(119,126-91-96-74-60-54-61-75-96)127-92-97-76-62-55-63-77-97/h52-63,70-77,98-103,107-109H,7-51,64-69,78-93H2,1-6H3,(H,112,114)(H,113,115)/t98-,99-,100-,101+,102+,103-,107+,108-,109-/m1/s1. The molecule has 744 valence electrons. The second-order valence-electron chi connectivity index (χ2n) is 37.3. The van der Waals surface area contributed by atoms with E-state index in [1.54, 1.807) is 0 Å². The minimum atomic E-state index is -4.95. The lowest BCUT2D eigenvalue weighted by Crippen LogP contribution is -2.66. The van der Waals surface area contributed by atoms with Gasteiger partial charge in [-0.25, -0.2) is 14.2 Å². The third kappa shape index (κ3) is 58.9. The lowest BCUT2D eigenvalue weighted by Gasteiger charge is -2.46. The smallest absolute Gasteiger partial charge is 0.459 e. The van der Waals surface area contributed by atoms with Crippen LogP contribution in [0.3, 0.4) is 0 Å². The van der Waals surface area contributed by atoms with Gasteiger partial charge in [0.15, 0.2) is 6.10 Å². The van der Waals surface area contributed by atoms with Gasteiger partial charge in [0.25, 0.3) is 0 Å². The topological polar surface area (TPSA) is 228 Å². The molecule has 19 nitrogen and oxygen atoms in total. The zero-order valence-corrected chi connectivity index (χ0v) is 83.9. The molecule has 0 aromatic heterocycles. The van der Waals surface area contributed by atoms with Crippen LogP contribution >= 0.6 is 7.82 Å². The van der Waals surface area contributed by atoms with Crippen LogP contribution in [-0.2, 0) is 102 Å². The van der Waals surface area contributed by atoms with Crippen molar-refractivity contribution in [3.05, 3.63) is 144 Å². The van der Waals surface area contributed by atoms with E-state index in [1.165, 1.54) is 180 Å². The van der Waals surface area contributed by atoms with Crippen molar-refractivity contribution in [3.8, 4) is 0 Å². The second kappa shape index (κ2) is 79.1. The van der Waals surface area contributed by atoms with Gasteiger partial charge in [0, 0.05) is 19.8 Å². The highest BCUT2D eigenvalue weighted by Gasteiger charge is 2.53. The first-order chi connectivity index (χ1) is 64.3. The summed E-state index contributed by atoms with van der Waals surface area (Å²) in [4.78, 5) is 76.7. The van der Waals surface area contributed by atoms with Crippen LogP contribution < -0.4 is 10.6 Å². The van der Waals surface area contributed by atoms with Crippen LogP contribution in [0.2, 0.25) is 0 Å². The van der Waals surface area contributed by atoms with Gasteiger partial charge in [0.1, 0.15) is 38.1 Å². The largest absolute Gasteiger partial charge is 0.508 e. The van der Waals surface area contributed by atoms with Crippen LogP contribution in [-0.4, -0.2) is 111 Å². The van der Waals surface area contributed by atoms with E-state index in [2.05, 4.69) is 52.2 Å². The fourth-order valence-corrected chi connectivity index (χ4v) is 18.8. The number of carbonyl (C=O) groups is 5. The SMILES string of the molecule is CCCCCCCCCCC[C@H](CC(=O)N[C@@H]1[C@@H](OC(=O)C[C@@H](CCCCCCCCCCC)OCCCCCCCCCC)[C@H](OP(=O)(OCc2ccccc2)OCc2ccccc2)[C@@H](COC(=O)OCc2ccccc2)O[C@H]1CC[C@H](NC(=O)C[C@@H](CCCCCCCCCCC)OCCCCCCCCCC)C(=O)OCc1ccccc1)OCCCCCCCCCC. The minimum Gasteiger partial charge on any atom is -0.459 e. The molecule has 4 aromatic carbocycles. The van der Waals surface area contributed by atoms with Gasteiger partial charge in [-0.05, 0) is 73.6 Å². The highest BCUT2D eigenvalue weighted by Crippen LogP contribution is 2.54. The van der Waals surface area contributed by atoms with Crippen LogP contribution in [0.25, 0.3) is 0 Å². The van der Waals surface area contributed by atoms with Gasteiger partial charge in [0.05, 0.1) is 62.9 Å². The number of phosphoric acid groups is 1. The maximum atomic E-state index is 16.4. The Morgan fingerprint density at radius 1 is 0.336 bits per heavy atom. The van der Waals surface area contributed by atoms with Gasteiger partial charge in [-0.1, -0.05) is 471 Å². The number of hydrogen-bond donors (Lipinski definition) is 2. The van der Waals surface area contributed by atoms with Crippen LogP contribution in [0.15, 0.2) is 121 Å². The van der Waals surface area contributed by atoms with E-state index in [0.29, 0.717) is 55.8 Å². The Morgan fingerprint density at radius 3 is 1.01 bits per heavy atom. The Kier molecular flexibility index (Phi) is 69.7. The molecule has 9 atom stereocenters. The van der Waals surface area contributed by atoms with Gasteiger partial charge in [-0.2, -0.15) is 0 Å². The van der Waals surface area contributed by atoms with Gasteiger partial charge in [-0.3, -0.25) is 28.0 Å². The molecule has 1 aliphatic heterocycles. The van der Waals surface area contributed by atoms with E-state index in [-0.39, 0.29) is 58.5 Å². The van der Waals surface area contributed by atoms with Gasteiger partial charge in [0.2, 0.25) is 11.8 Å². The molecule has 0 saturated carbocycles. The maximum Gasteiger partial charge on any atom is 0.508 e. The van der Waals surface area contributed by atoms with E-state index < -0.39 is 99.1 Å². The van der Waals surface area contributed by atoms with Crippen molar-refractivity contribution < 1.29 is 80.0 Å². The van der Waals surface area contributed by atoms with Gasteiger partial charge in [-0.15, -0.1) is 0 Å². The zero-order valence-electron chi connectivity index (χ0n) is 83.0. The van der Waals surface area contributed by atoms with E-state index in [9.17, 15) is 4.79 Å². The molecule has 5 rings (SSSR count). The molecule has 131 heavy (non-hydrogen) atoms. The molecule has 0 bridgehead atoms. The molecule has 0 aliphatic carbocycles. The molecule has 0 unspecified atom stereocenters. The number of ether oxygens (including phenoxy) is 8. The number of rotatable bonds is 87. The van der Waals surface area contributed by atoms with Crippen LogP contribution in [0.1, 0.15) is 443 Å². The van der Waals surface area contributed by atoms with Crippen molar-refractivity contribution in [1.29, 1.82) is 0 Å². The Bertz CT molecular complexity index is 3300. The Hall–Kier alpha value is -6.02. The van der Waals surface area contributed by atoms with Crippen molar-refractivity contribution in [2.75, 3.05) is 26.4 Å². The van der Waals surface area contributed by atoms with E-state index in [1.807, 2.05) is 121 Å². The molecule has 2 amide bonds. The maximum absolute atomic E-state index is 16.4. The summed E-state index contributed by atoms with van der Waals surface area (Å²) < 4.78 is 89.3. The Balaban J connectivity index is 1.71. The number of nitrogens with one attached hydrogen (secondary N) is 2. The Labute approximate surface area is 795 Å². The van der Waals surface area contributed by atoms with Crippen LogP contribution in [0.5, 0.6) is 0 Å². The number of phosphoric ester groups is 1. The summed E-state index contributed by atoms with van der Waals surface area (Å²) in [6.07, 6.45) is 50.0. The predicted molar refractivity (Wildman–Crippen MR) is 532 cm³/mol. The molecular weight excluding hydrogens is 1660 g/mol. The molecular formula is C111H183N2O17P. The summed E-state index contributed by atoms with van der Waals surface area (Å²) in [5, 5.41) is 6.51. The quantitative estimate of drug-likeness (QED) is 0.0181. The normalized spacial score (nSPS) is 16.1. The van der Waals surface area contributed by atoms with Crippen molar-refractivity contribution >= 4 is 37.7 Å². The molecule has 1 heterocycles. The first kappa shape index (κ1) is 115. The van der Waals surface area contributed by atoms with Crippen LogP contribution in [0.4, 0.5) is 4.79 Å². The zero-order chi connectivity index (χ0) is 93.6. The number of carbonyl (C=O) groups excluding carboxylic acids is 5. The fourth-order valence-electron chi connectivity index (χ4n) is 17.4. The molecule has 2 N–H and O–H groups in total. The number of unbranched alkanes of at least 4 members (excludes halogenated alkanes) is 45. The van der Waals surface area contributed by atoms with E-state index >= 15 is 23.7 Å². The van der Waals surface area contributed by atoms with E-state index in [4.69, 9.17) is 51.5 Å². The average molecular weight is 1850 g/mol.